The van der Waals surface area contributed by atoms with Gasteiger partial charge in [0, 0.05) is 31.5 Å². The minimum absolute atomic E-state index is 0.0324. The number of fused-ring (bicyclic) bond motifs is 1. The number of halogens is 3. The lowest BCUT2D eigenvalue weighted by Crippen LogP contribution is -2.52. The first-order chi connectivity index (χ1) is 20.9. The number of phosphoric ester groups is 1. The van der Waals surface area contributed by atoms with Crippen molar-refractivity contribution in [1.29, 1.82) is 0 Å². The average Bonchev–Trinajstić information content (AvgIpc) is 2.97. The molecule has 16 heteroatoms. The van der Waals surface area contributed by atoms with Crippen LogP contribution in [0.25, 0.3) is 10.8 Å². The van der Waals surface area contributed by atoms with Crippen LogP contribution in [-0.4, -0.2) is 65.7 Å². The Balaban J connectivity index is 1.74. The van der Waals surface area contributed by atoms with Crippen molar-refractivity contribution in [2.45, 2.75) is 45.9 Å². The summed E-state index contributed by atoms with van der Waals surface area (Å²) >= 11 is 6.05. The number of ether oxygens (including phenoxy) is 1. The van der Waals surface area contributed by atoms with Crippen LogP contribution in [0.5, 0.6) is 0 Å². The van der Waals surface area contributed by atoms with Crippen LogP contribution in [0.1, 0.15) is 32.8 Å². The summed E-state index contributed by atoms with van der Waals surface area (Å²) in [5.74, 6) is -1.56. The second-order valence-electron chi connectivity index (χ2n) is 9.34. The molecule has 0 aliphatic rings. The Morgan fingerprint density at radius 2 is 1.80 bits per heavy atom. The number of hydrogen-bond donors (Lipinski definition) is 3. The molecule has 12 nitrogen and oxygen atoms in total. The molecule has 0 bridgehead atoms. The SMILES string of the molecule is CCOP(=O)(OCC)OC[C@H](O)C[C@H](COC(=O)Nc1cc2cc(F)ccc2cn1)N(NCc1cccc(F)c1Cl)C(C)=O. The van der Waals surface area contributed by atoms with E-state index in [1.54, 1.807) is 26.0 Å². The van der Waals surface area contributed by atoms with E-state index in [4.69, 9.17) is 29.9 Å². The van der Waals surface area contributed by atoms with Crippen molar-refractivity contribution in [1.82, 2.24) is 15.4 Å². The molecule has 2 atom stereocenters. The number of carbonyl (C=O) groups excluding carboxylic acids is 2. The quantitative estimate of drug-likeness (QED) is 0.131. The van der Waals surface area contributed by atoms with Gasteiger partial charge in [-0.1, -0.05) is 23.7 Å². The lowest BCUT2D eigenvalue weighted by molar-refractivity contribution is -0.137. The van der Waals surface area contributed by atoms with Crippen LogP contribution in [0.3, 0.4) is 0 Å². The fourth-order valence-electron chi connectivity index (χ4n) is 4.08. The fraction of sp³-hybridized carbons (Fsp3) is 0.393. The number of rotatable bonds is 16. The predicted molar refractivity (Wildman–Crippen MR) is 159 cm³/mol. The number of pyridine rings is 1. The lowest BCUT2D eigenvalue weighted by Gasteiger charge is -2.32. The average molecular weight is 659 g/mol. The number of nitrogens with zero attached hydrogens (tertiary/aromatic N) is 2. The van der Waals surface area contributed by atoms with Crippen molar-refractivity contribution in [3.63, 3.8) is 0 Å². The predicted octanol–water partition coefficient (Wildman–Crippen LogP) is 5.59. The summed E-state index contributed by atoms with van der Waals surface area (Å²) < 4.78 is 61.0. The molecule has 1 heterocycles. The van der Waals surface area contributed by atoms with Gasteiger partial charge in [-0.15, -0.1) is 0 Å². The highest BCUT2D eigenvalue weighted by molar-refractivity contribution is 7.48. The highest BCUT2D eigenvalue weighted by Crippen LogP contribution is 2.49. The largest absolute Gasteiger partial charge is 0.474 e. The zero-order valence-electron chi connectivity index (χ0n) is 24.3. The van der Waals surface area contributed by atoms with E-state index in [9.17, 15) is 28.0 Å². The van der Waals surface area contributed by atoms with Gasteiger partial charge in [0.25, 0.3) is 0 Å². The third kappa shape index (κ3) is 10.4. The molecule has 0 aliphatic heterocycles. The van der Waals surface area contributed by atoms with Gasteiger partial charge in [0.1, 0.15) is 24.1 Å². The van der Waals surface area contributed by atoms with Crippen LogP contribution >= 0.6 is 19.4 Å². The standard InChI is InChI=1S/C28H34ClF2N4O8P/c1-4-41-44(39,42-5-2)43-17-24(37)13-23(35(18(3)36)33-15-20-7-6-8-25(31)27(20)29)16-40-28(38)34-26-12-21-11-22(30)10-9-19(21)14-32-26/h6-12,14,23-24,33,37H,4-5,13,15-17H2,1-3H3,(H,32,34,38)/t23-,24-/m1/s1. The molecular formula is C28H34ClF2N4O8P. The molecule has 3 N–H and O–H groups in total. The van der Waals surface area contributed by atoms with Crippen LogP contribution in [0.2, 0.25) is 5.02 Å². The minimum atomic E-state index is -3.95. The first-order valence-corrected chi connectivity index (χ1v) is 15.5. The van der Waals surface area contributed by atoms with Crippen LogP contribution in [0.4, 0.5) is 19.4 Å². The van der Waals surface area contributed by atoms with Crippen molar-refractivity contribution in [2.24, 2.45) is 0 Å². The van der Waals surface area contributed by atoms with E-state index in [0.29, 0.717) is 16.3 Å². The molecule has 3 rings (SSSR count). The number of aliphatic hydroxyl groups excluding tert-OH is 1. The molecule has 44 heavy (non-hydrogen) atoms. The smallest absolute Gasteiger partial charge is 0.447 e. The molecule has 3 aromatic rings. The molecule has 0 saturated carbocycles. The highest BCUT2D eigenvalue weighted by atomic mass is 35.5. The first-order valence-electron chi connectivity index (χ1n) is 13.6. The molecule has 2 amide bonds. The number of phosphoric acid groups is 1. The minimum Gasteiger partial charge on any atom is -0.447 e. The molecule has 0 radical (unpaired) electrons. The summed E-state index contributed by atoms with van der Waals surface area (Å²) in [6.45, 7) is 3.45. The Morgan fingerprint density at radius 1 is 1.07 bits per heavy atom. The van der Waals surface area contributed by atoms with Crippen LogP contribution in [-0.2, 0) is 34.2 Å². The summed E-state index contributed by atoms with van der Waals surface area (Å²) in [5, 5.41) is 15.3. The van der Waals surface area contributed by atoms with Gasteiger partial charge in [-0.05, 0) is 55.1 Å². The summed E-state index contributed by atoms with van der Waals surface area (Å²) in [6.07, 6.45) is -1.06. The number of carbonyl (C=O) groups is 2. The third-order valence-corrected chi connectivity index (χ3v) is 8.08. The molecular weight excluding hydrogens is 625 g/mol. The summed E-state index contributed by atoms with van der Waals surface area (Å²) in [4.78, 5) is 29.5. The lowest BCUT2D eigenvalue weighted by atomic mass is 10.1. The molecule has 0 fully saturated rings. The van der Waals surface area contributed by atoms with E-state index < -0.39 is 56.8 Å². The van der Waals surface area contributed by atoms with E-state index in [-0.39, 0.29) is 37.0 Å². The van der Waals surface area contributed by atoms with Gasteiger partial charge >= 0.3 is 13.9 Å². The Labute approximate surface area is 258 Å². The molecule has 0 saturated heterocycles. The monoisotopic (exact) mass is 658 g/mol. The Bertz CT molecular complexity index is 1480. The topological polar surface area (TPSA) is 149 Å². The van der Waals surface area contributed by atoms with Crippen LogP contribution in [0.15, 0.2) is 48.7 Å². The fourth-order valence-corrected chi connectivity index (χ4v) is 5.48. The number of hydrazine groups is 1. The third-order valence-electron chi connectivity index (χ3n) is 6.04. The maximum atomic E-state index is 14.0. The van der Waals surface area contributed by atoms with Gasteiger partial charge in [-0.25, -0.2) is 28.6 Å². The maximum absolute atomic E-state index is 14.0. The van der Waals surface area contributed by atoms with Gasteiger partial charge in [0.2, 0.25) is 5.91 Å². The molecule has 0 unspecified atom stereocenters. The van der Waals surface area contributed by atoms with E-state index in [0.717, 1.165) is 5.01 Å². The van der Waals surface area contributed by atoms with Crippen molar-refractivity contribution < 1.29 is 46.3 Å². The second-order valence-corrected chi connectivity index (χ2v) is 11.4. The Hall–Kier alpha value is -3.23. The molecule has 0 spiro atoms. The zero-order chi connectivity index (χ0) is 32.3. The number of anilines is 1. The van der Waals surface area contributed by atoms with Crippen molar-refractivity contribution in [3.05, 3.63) is 70.9 Å². The summed E-state index contributed by atoms with van der Waals surface area (Å²) in [5.41, 5.74) is 3.18. The molecule has 240 valence electrons. The number of nitrogens with one attached hydrogen (secondary N) is 2. The van der Waals surface area contributed by atoms with Gasteiger partial charge in [0.15, 0.2) is 0 Å². The van der Waals surface area contributed by atoms with Crippen LogP contribution in [0, 0.1) is 11.6 Å². The van der Waals surface area contributed by atoms with Gasteiger partial charge in [-0.3, -0.25) is 28.7 Å². The highest BCUT2D eigenvalue weighted by Gasteiger charge is 2.30. The summed E-state index contributed by atoms with van der Waals surface area (Å²) in [6, 6.07) is 8.75. The molecule has 2 aromatic carbocycles. The van der Waals surface area contributed by atoms with Crippen molar-refractivity contribution in [2.75, 3.05) is 31.7 Å². The van der Waals surface area contributed by atoms with Crippen LogP contribution < -0.4 is 10.7 Å². The van der Waals surface area contributed by atoms with Crippen molar-refractivity contribution >= 4 is 48.0 Å². The number of amides is 2. The van der Waals surface area contributed by atoms with Gasteiger partial charge < -0.3 is 9.84 Å². The van der Waals surface area contributed by atoms with Gasteiger partial charge in [-0.2, -0.15) is 0 Å². The number of aliphatic hydroxyl groups is 1. The van der Waals surface area contributed by atoms with E-state index in [1.165, 1.54) is 43.5 Å². The maximum Gasteiger partial charge on any atom is 0.474 e. The Morgan fingerprint density at radius 3 is 2.48 bits per heavy atom. The van der Waals surface area contributed by atoms with E-state index in [1.807, 2.05) is 0 Å². The summed E-state index contributed by atoms with van der Waals surface area (Å²) in [7, 11) is -3.95. The zero-order valence-corrected chi connectivity index (χ0v) is 25.9. The van der Waals surface area contributed by atoms with E-state index >= 15 is 0 Å². The van der Waals surface area contributed by atoms with Crippen molar-refractivity contribution in [3.8, 4) is 0 Å². The second kappa shape index (κ2) is 16.7. The molecule has 1 aromatic heterocycles. The Kier molecular flexibility index (Phi) is 13.4. The van der Waals surface area contributed by atoms with Gasteiger partial charge in [0.05, 0.1) is 37.0 Å². The van der Waals surface area contributed by atoms with E-state index in [2.05, 4.69) is 15.7 Å². The normalized spacial score (nSPS) is 13.0. The number of hydrogen-bond acceptors (Lipinski definition) is 10. The molecule has 0 aliphatic carbocycles. The first kappa shape index (κ1) is 35.3. The number of aromatic nitrogens is 1. The number of benzene rings is 2.